The van der Waals surface area contributed by atoms with Crippen LogP contribution in [0.1, 0.15) is 0 Å². The molecule has 0 rings (SSSR count). The van der Waals surface area contributed by atoms with E-state index >= 15 is 0 Å². The van der Waals surface area contributed by atoms with Crippen LogP contribution in [0.3, 0.4) is 0 Å². The Morgan fingerprint density at radius 3 is 1.25 bits per heavy atom. The third-order valence-electron chi connectivity index (χ3n) is 0. The van der Waals surface area contributed by atoms with Gasteiger partial charge in [0.1, 0.15) is 0 Å². The van der Waals surface area contributed by atoms with Gasteiger partial charge in [-0.1, -0.05) is 0 Å². The van der Waals surface area contributed by atoms with Crippen molar-refractivity contribution in [3.8, 4) is 0 Å². The summed E-state index contributed by atoms with van der Waals surface area (Å²) in [5, 5.41) is 0. The van der Waals surface area contributed by atoms with E-state index < -0.39 is 0 Å². The van der Waals surface area contributed by atoms with Crippen molar-refractivity contribution in [1.82, 2.24) is 0 Å². The maximum absolute atomic E-state index is 1.51. The molecule has 0 aromatic rings. The van der Waals surface area contributed by atoms with Gasteiger partial charge in [-0.25, -0.2) is 0 Å². The molecule has 0 aromatic carbocycles. The molecule has 17 valence electrons. The summed E-state index contributed by atoms with van der Waals surface area (Å²) < 4.78 is 0. The second-order valence-corrected chi connectivity index (χ2v) is 0. The minimum atomic E-state index is 0. The van der Waals surface area contributed by atoms with E-state index in [1.165, 1.54) is 26.1 Å². The molecule has 0 bridgehead atoms. The van der Waals surface area contributed by atoms with Gasteiger partial charge in [0.25, 0.3) is 0 Å². The quantitative estimate of drug-likeness (QED) is 0.335. The Bertz CT molecular complexity index is 8.00. The summed E-state index contributed by atoms with van der Waals surface area (Å²) >= 11 is 1.51. The van der Waals surface area contributed by atoms with E-state index in [1.807, 2.05) is 0 Å². The second-order valence-electron chi connectivity index (χ2n) is 0. The van der Waals surface area contributed by atoms with Crippen LogP contribution in [0.25, 0.3) is 0 Å². The molecular weight excluding hydrogens is 158 g/mol. The number of hydrogen-bond acceptors (Lipinski definition) is 0. The Morgan fingerprint density at radius 2 is 1.25 bits per heavy atom. The van der Waals surface area contributed by atoms with E-state index in [0.717, 1.165) is 0 Å². The molecule has 0 amide bonds. The zero-order valence-corrected chi connectivity index (χ0v) is 6.67. The van der Waals surface area contributed by atoms with Crippen molar-refractivity contribution in [3.05, 3.63) is 0 Å². The Kier molecular flexibility index (Phi) is 66.8. The molecule has 0 saturated carbocycles. The van der Waals surface area contributed by atoms with Crippen LogP contribution >= 0.6 is 0 Å². The van der Waals surface area contributed by atoms with Crippen LogP contribution in [0.5, 0.6) is 0 Å². The average Bonchev–Trinajstić information content (AvgIpc) is 1.00. The van der Waals surface area contributed by atoms with Crippen molar-refractivity contribution in [3.63, 3.8) is 0 Å². The Balaban J connectivity index is -0.00000000500. The van der Waals surface area contributed by atoms with Gasteiger partial charge in [0.2, 0.25) is 0 Å². The molecule has 0 unspecified atom stereocenters. The first kappa shape index (κ1) is 15.8. The normalized spacial score (nSPS) is 2.50. The summed E-state index contributed by atoms with van der Waals surface area (Å²) in [5.41, 5.74) is 0. The zero-order chi connectivity index (χ0) is 2.00. The van der Waals surface area contributed by atoms with Gasteiger partial charge >= 0.3 is 86.9 Å². The average molecular weight is 165 g/mol. The summed E-state index contributed by atoms with van der Waals surface area (Å²) in [7, 11) is 1.43. The van der Waals surface area contributed by atoms with Crippen LogP contribution < -0.4 is 0 Å². The molecule has 0 aliphatic carbocycles. The molecule has 0 aliphatic rings. The molecule has 0 aliphatic heterocycles. The van der Waals surface area contributed by atoms with Crippen LogP contribution in [0.2, 0.25) is 0 Å². The van der Waals surface area contributed by atoms with E-state index in [2.05, 4.69) is 0 Å². The fourth-order valence-electron chi connectivity index (χ4n) is 0. The molecule has 0 aromatic heterocycles. The second kappa shape index (κ2) is 16.9. The molecular formula is H7CaMgSiZn. The van der Waals surface area contributed by atoms with Crippen LogP contribution in [0.15, 0.2) is 0 Å². The molecule has 0 nitrogen and oxygen atoms in total. The standard InChI is InChI=1S/Ca.Mg.H3Si.Zn.4H/h;;1H3;;;;;. The molecule has 0 atom stereocenters. The van der Waals surface area contributed by atoms with Crippen LogP contribution in [-0.2, 0) is 17.6 Å². The van der Waals surface area contributed by atoms with Gasteiger partial charge < -0.3 is 0 Å². The molecule has 4 heteroatoms. The van der Waals surface area contributed by atoms with Crippen molar-refractivity contribution in [1.29, 1.82) is 0 Å². The van der Waals surface area contributed by atoms with E-state index in [4.69, 9.17) is 0 Å². The topological polar surface area (TPSA) is 0 Å². The summed E-state index contributed by atoms with van der Waals surface area (Å²) in [6.45, 7) is 0. The third kappa shape index (κ3) is 8.85. The van der Waals surface area contributed by atoms with Gasteiger partial charge in [-0.3, -0.25) is 0 Å². The predicted molar refractivity (Wildman–Crippen MR) is 27.0 cm³/mol. The molecule has 0 spiro atoms. The van der Waals surface area contributed by atoms with Gasteiger partial charge in [0.15, 0.2) is 0 Å². The van der Waals surface area contributed by atoms with Gasteiger partial charge in [0.05, 0.1) is 0 Å². The Hall–Kier alpha value is 2.87. The summed E-state index contributed by atoms with van der Waals surface area (Å²) in [6, 6.07) is 0. The van der Waals surface area contributed by atoms with Gasteiger partial charge in [-0.2, -0.15) is 0 Å². The number of hydrogen-bond donors (Lipinski definition) is 0. The molecule has 0 N–H and O–H groups in total. The molecule has 0 fully saturated rings. The Labute approximate surface area is 85.0 Å². The van der Waals surface area contributed by atoms with E-state index in [9.17, 15) is 0 Å². The van der Waals surface area contributed by atoms with E-state index in [1.54, 1.807) is 0 Å². The van der Waals surface area contributed by atoms with Gasteiger partial charge in [-0.15, -0.1) is 0 Å². The number of rotatable bonds is 0. The zero-order valence-electron chi connectivity index (χ0n) is 1.71. The fraction of sp³-hybridized carbons (Fsp3) is 0. The van der Waals surface area contributed by atoms with Crippen molar-refractivity contribution in [2.45, 2.75) is 0 Å². The third-order valence-corrected chi connectivity index (χ3v) is 0. The van der Waals surface area contributed by atoms with Crippen molar-refractivity contribution >= 4 is 69.3 Å². The van der Waals surface area contributed by atoms with Gasteiger partial charge in [-0.05, 0) is 0 Å². The predicted octanol–water partition coefficient (Wildman–Crippen LogP) is -3.02. The van der Waals surface area contributed by atoms with Crippen LogP contribution in [0.4, 0.5) is 0 Å². The first-order valence-electron chi connectivity index (χ1n) is 0.707. The SMILES string of the molecule is [CaH2].[MgH2].[SiH3][Zn]. The molecule has 0 radical (unpaired) electrons. The molecule has 0 saturated heterocycles. The fourth-order valence-corrected chi connectivity index (χ4v) is 0. The first-order valence-corrected chi connectivity index (χ1v) is 11.0. The van der Waals surface area contributed by atoms with Crippen LogP contribution in [-0.4, -0.2) is 69.3 Å². The first-order chi connectivity index (χ1) is 1.00. The maximum atomic E-state index is 1.51. The molecule has 4 heavy (non-hydrogen) atoms. The van der Waals surface area contributed by atoms with Crippen molar-refractivity contribution in [2.24, 2.45) is 0 Å². The minimum absolute atomic E-state index is 0. The van der Waals surface area contributed by atoms with Gasteiger partial charge in [0, 0.05) is 0 Å². The van der Waals surface area contributed by atoms with Crippen LogP contribution in [0, 0.1) is 0 Å². The summed E-state index contributed by atoms with van der Waals surface area (Å²) in [5.74, 6) is 0. The molecule has 0 heterocycles. The van der Waals surface area contributed by atoms with Crippen molar-refractivity contribution < 1.29 is 17.6 Å². The van der Waals surface area contributed by atoms with E-state index in [-0.39, 0.29) is 60.8 Å². The summed E-state index contributed by atoms with van der Waals surface area (Å²) in [6.07, 6.45) is 0. The monoisotopic (exact) mass is 163 g/mol. The Morgan fingerprint density at radius 1 is 1.25 bits per heavy atom. The van der Waals surface area contributed by atoms with E-state index in [0.29, 0.717) is 0 Å². The van der Waals surface area contributed by atoms with Crippen molar-refractivity contribution in [2.75, 3.05) is 0 Å². The summed E-state index contributed by atoms with van der Waals surface area (Å²) in [4.78, 5) is 0.